The van der Waals surface area contributed by atoms with E-state index in [9.17, 15) is 0 Å². The van der Waals surface area contributed by atoms with Crippen molar-refractivity contribution in [3.8, 4) is 0 Å². The van der Waals surface area contributed by atoms with Crippen LogP contribution in [0.15, 0.2) is 100 Å². The van der Waals surface area contributed by atoms with Crippen molar-refractivity contribution in [1.82, 2.24) is 0 Å². The SMILES string of the molecule is C=C/C=C(\C=C/C)C1=C(C)CC(C(=N/C=C\C)Nc2ccccc2)=N1. The van der Waals surface area contributed by atoms with Crippen molar-refractivity contribution < 1.29 is 0 Å². The van der Waals surface area contributed by atoms with E-state index in [2.05, 4.69) is 29.9 Å². The Morgan fingerprint density at radius 3 is 2.60 bits per heavy atom. The first kappa shape index (κ1) is 18.4. The van der Waals surface area contributed by atoms with Gasteiger partial charge in [0.2, 0.25) is 0 Å². The molecule has 0 spiro atoms. The molecule has 1 heterocycles. The summed E-state index contributed by atoms with van der Waals surface area (Å²) in [5, 5.41) is 3.38. The fraction of sp³-hybridized carbons (Fsp3) is 0.182. The molecule has 0 amide bonds. The Morgan fingerprint density at radius 1 is 1.20 bits per heavy atom. The third-order valence-corrected chi connectivity index (χ3v) is 3.66. The fourth-order valence-corrected chi connectivity index (χ4v) is 2.56. The number of amidine groups is 1. The third-order valence-electron chi connectivity index (χ3n) is 3.66. The minimum Gasteiger partial charge on any atom is -0.339 e. The molecule has 0 saturated carbocycles. The highest BCUT2D eigenvalue weighted by molar-refractivity contribution is 6.46. The van der Waals surface area contributed by atoms with E-state index in [1.54, 1.807) is 12.3 Å². The molecule has 1 aromatic carbocycles. The Labute approximate surface area is 150 Å². The van der Waals surface area contributed by atoms with Gasteiger partial charge in [-0.25, -0.2) is 9.98 Å². The molecule has 0 aliphatic carbocycles. The van der Waals surface area contributed by atoms with E-state index in [0.717, 1.165) is 34.9 Å². The summed E-state index contributed by atoms with van der Waals surface area (Å²) < 4.78 is 0. The van der Waals surface area contributed by atoms with Crippen LogP contribution in [-0.2, 0) is 0 Å². The van der Waals surface area contributed by atoms with Gasteiger partial charge in [0.15, 0.2) is 5.84 Å². The number of hydrogen-bond acceptors (Lipinski definition) is 2. The molecule has 2 rings (SSSR count). The highest BCUT2D eigenvalue weighted by Gasteiger charge is 2.20. The summed E-state index contributed by atoms with van der Waals surface area (Å²) in [6.45, 7) is 9.87. The van der Waals surface area contributed by atoms with Crippen LogP contribution >= 0.6 is 0 Å². The van der Waals surface area contributed by atoms with E-state index in [4.69, 9.17) is 4.99 Å². The molecule has 3 nitrogen and oxygen atoms in total. The minimum atomic E-state index is 0.775. The second-order valence-electron chi connectivity index (χ2n) is 5.67. The first-order valence-corrected chi connectivity index (χ1v) is 8.44. The van der Waals surface area contributed by atoms with Crippen LogP contribution in [0.25, 0.3) is 0 Å². The van der Waals surface area contributed by atoms with Gasteiger partial charge < -0.3 is 5.32 Å². The van der Waals surface area contributed by atoms with Crippen LogP contribution in [0.1, 0.15) is 27.2 Å². The molecule has 0 radical (unpaired) electrons. The van der Waals surface area contributed by atoms with Crippen molar-refractivity contribution in [2.75, 3.05) is 5.32 Å². The van der Waals surface area contributed by atoms with Gasteiger partial charge in [0.1, 0.15) is 0 Å². The van der Waals surface area contributed by atoms with E-state index in [0.29, 0.717) is 0 Å². The molecule has 1 N–H and O–H groups in total. The average Bonchev–Trinajstić information content (AvgIpc) is 3.01. The number of benzene rings is 1. The molecule has 25 heavy (non-hydrogen) atoms. The number of anilines is 1. The second-order valence-corrected chi connectivity index (χ2v) is 5.67. The molecule has 0 atom stereocenters. The first-order chi connectivity index (χ1) is 12.2. The van der Waals surface area contributed by atoms with E-state index in [1.807, 2.05) is 62.4 Å². The molecule has 1 aromatic rings. The summed E-state index contributed by atoms with van der Waals surface area (Å²) in [6.07, 6.45) is 12.3. The quantitative estimate of drug-likeness (QED) is 0.397. The Bertz CT molecular complexity index is 788. The zero-order valence-electron chi connectivity index (χ0n) is 15.2. The maximum Gasteiger partial charge on any atom is 0.152 e. The fourth-order valence-electron chi connectivity index (χ4n) is 2.56. The molecule has 1 aliphatic rings. The number of aliphatic imine (C=N–C) groups is 2. The van der Waals surface area contributed by atoms with Crippen LogP contribution in [0.5, 0.6) is 0 Å². The van der Waals surface area contributed by atoms with Crippen molar-refractivity contribution >= 4 is 17.2 Å². The van der Waals surface area contributed by atoms with Crippen molar-refractivity contribution in [2.45, 2.75) is 27.2 Å². The average molecular weight is 331 g/mol. The van der Waals surface area contributed by atoms with Crippen LogP contribution in [0.4, 0.5) is 5.69 Å². The summed E-state index contributed by atoms with van der Waals surface area (Å²) in [4.78, 5) is 9.41. The number of rotatable bonds is 6. The highest BCUT2D eigenvalue weighted by atomic mass is 15.0. The molecule has 0 aromatic heterocycles. The van der Waals surface area contributed by atoms with Gasteiger partial charge in [0.25, 0.3) is 0 Å². The van der Waals surface area contributed by atoms with Gasteiger partial charge in [0, 0.05) is 18.3 Å². The zero-order valence-corrected chi connectivity index (χ0v) is 15.2. The smallest absolute Gasteiger partial charge is 0.152 e. The van der Waals surface area contributed by atoms with Gasteiger partial charge in [-0.1, -0.05) is 55.2 Å². The number of para-hydroxylation sites is 1. The lowest BCUT2D eigenvalue weighted by atomic mass is 10.1. The first-order valence-electron chi connectivity index (χ1n) is 8.44. The van der Waals surface area contributed by atoms with Crippen LogP contribution in [0.3, 0.4) is 0 Å². The summed E-state index contributed by atoms with van der Waals surface area (Å²) in [5.74, 6) is 0.775. The summed E-state index contributed by atoms with van der Waals surface area (Å²) >= 11 is 0. The molecule has 128 valence electrons. The summed E-state index contributed by atoms with van der Waals surface area (Å²) in [7, 11) is 0. The monoisotopic (exact) mass is 331 g/mol. The Balaban J connectivity index is 2.35. The predicted molar refractivity (Wildman–Crippen MR) is 110 cm³/mol. The maximum atomic E-state index is 4.86. The van der Waals surface area contributed by atoms with Crippen LogP contribution in [0, 0.1) is 0 Å². The molecule has 0 unspecified atom stereocenters. The van der Waals surface area contributed by atoms with Gasteiger partial charge in [-0.15, -0.1) is 0 Å². The Hall–Kier alpha value is -2.94. The Morgan fingerprint density at radius 2 is 1.96 bits per heavy atom. The zero-order chi connectivity index (χ0) is 18.1. The lowest BCUT2D eigenvalue weighted by Crippen LogP contribution is -2.22. The van der Waals surface area contributed by atoms with Crippen molar-refractivity contribution in [1.29, 1.82) is 0 Å². The lowest BCUT2D eigenvalue weighted by Gasteiger charge is -2.09. The summed E-state index contributed by atoms with van der Waals surface area (Å²) in [6, 6.07) is 10.0. The van der Waals surface area contributed by atoms with Crippen molar-refractivity contribution in [3.63, 3.8) is 0 Å². The molecule has 1 aliphatic heterocycles. The van der Waals surface area contributed by atoms with E-state index in [1.165, 1.54) is 5.57 Å². The van der Waals surface area contributed by atoms with Crippen LogP contribution in [-0.4, -0.2) is 11.5 Å². The van der Waals surface area contributed by atoms with Crippen LogP contribution in [0.2, 0.25) is 0 Å². The molecular weight excluding hydrogens is 306 g/mol. The lowest BCUT2D eigenvalue weighted by molar-refractivity contribution is 1.24. The van der Waals surface area contributed by atoms with Crippen LogP contribution < -0.4 is 5.32 Å². The molecule has 0 bridgehead atoms. The number of nitrogens with one attached hydrogen (secondary N) is 1. The van der Waals surface area contributed by atoms with Gasteiger partial charge in [-0.05, 0) is 44.1 Å². The Kier molecular flexibility index (Phi) is 6.90. The number of allylic oxidation sites excluding steroid dienone is 6. The molecule has 3 heteroatoms. The maximum absolute atomic E-state index is 4.86. The minimum absolute atomic E-state index is 0.775. The largest absolute Gasteiger partial charge is 0.339 e. The number of nitrogens with zero attached hydrogens (tertiary/aromatic N) is 2. The van der Waals surface area contributed by atoms with Gasteiger partial charge in [-0.2, -0.15) is 0 Å². The topological polar surface area (TPSA) is 36.8 Å². The van der Waals surface area contributed by atoms with E-state index >= 15 is 0 Å². The standard InChI is InChI=1S/C22H25N3/c1-5-11-18(12-6-2)21-17(4)16-20(25-21)22(23-15-7-3)24-19-13-9-8-10-14-19/h5-15H,1,16H2,2-4H3,(H,23,24)/b12-6-,15-7-,18-11+. The normalized spacial score (nSPS) is 16.0. The van der Waals surface area contributed by atoms with Gasteiger partial charge in [0.05, 0.1) is 11.4 Å². The molecule has 0 saturated heterocycles. The van der Waals surface area contributed by atoms with E-state index in [-0.39, 0.29) is 0 Å². The highest BCUT2D eigenvalue weighted by Crippen LogP contribution is 2.27. The van der Waals surface area contributed by atoms with Crippen molar-refractivity contribution in [3.05, 3.63) is 90.3 Å². The second kappa shape index (κ2) is 9.38. The molecule has 0 fully saturated rings. The van der Waals surface area contributed by atoms with Gasteiger partial charge in [-0.3, -0.25) is 0 Å². The predicted octanol–water partition coefficient (Wildman–Crippen LogP) is 5.84. The number of hydrogen-bond donors (Lipinski definition) is 1. The van der Waals surface area contributed by atoms with Gasteiger partial charge >= 0.3 is 0 Å². The molecular formula is C22H25N3. The van der Waals surface area contributed by atoms with E-state index < -0.39 is 0 Å². The van der Waals surface area contributed by atoms with Crippen molar-refractivity contribution in [2.24, 2.45) is 9.98 Å². The third kappa shape index (κ3) is 5.01. The summed E-state index contributed by atoms with van der Waals surface area (Å²) in [5.41, 5.74) is 5.22.